The maximum absolute atomic E-state index is 10.9. The number of carbonyl (C=O) groups is 1. The van der Waals surface area contributed by atoms with Crippen LogP contribution in [0.15, 0.2) is 42.0 Å². The summed E-state index contributed by atoms with van der Waals surface area (Å²) < 4.78 is 0. The Labute approximate surface area is 105 Å². The van der Waals surface area contributed by atoms with Crippen LogP contribution in [-0.2, 0) is 11.2 Å². The number of allylic oxidation sites excluding steroid dienone is 1. The van der Waals surface area contributed by atoms with Crippen LogP contribution in [0.5, 0.6) is 0 Å². The first kappa shape index (κ1) is 10.5. The molecular formula is C15H11ClO. The second-order valence-corrected chi connectivity index (χ2v) is 4.65. The maximum atomic E-state index is 10.9. The second-order valence-electron chi connectivity index (χ2n) is 4.27. The summed E-state index contributed by atoms with van der Waals surface area (Å²) >= 11 is 6.26. The van der Waals surface area contributed by atoms with Gasteiger partial charge in [-0.25, -0.2) is 0 Å². The Morgan fingerprint density at radius 3 is 2.71 bits per heavy atom. The average Bonchev–Trinajstić information content (AvgIpc) is 2.39. The molecule has 0 fully saturated rings. The third-order valence-corrected chi connectivity index (χ3v) is 3.79. The van der Waals surface area contributed by atoms with Crippen LogP contribution >= 0.6 is 11.6 Å². The first-order valence-corrected chi connectivity index (χ1v) is 6.04. The molecule has 0 aliphatic heterocycles. The van der Waals surface area contributed by atoms with Crippen LogP contribution in [0.3, 0.4) is 0 Å². The van der Waals surface area contributed by atoms with E-state index in [0.717, 1.165) is 30.3 Å². The number of carbonyl (C=O) groups excluding carboxylic acids is 1. The predicted octanol–water partition coefficient (Wildman–Crippen LogP) is 3.93. The molecule has 0 heterocycles. The maximum Gasteiger partial charge on any atom is 0.147 e. The number of benzene rings is 2. The van der Waals surface area contributed by atoms with Crippen LogP contribution in [0.25, 0.3) is 15.8 Å². The molecule has 0 amide bonds. The third kappa shape index (κ3) is 1.58. The van der Waals surface area contributed by atoms with Gasteiger partial charge in [-0.05, 0) is 34.7 Å². The summed E-state index contributed by atoms with van der Waals surface area (Å²) in [6.07, 6.45) is 2.50. The van der Waals surface area contributed by atoms with Crippen molar-refractivity contribution in [1.29, 1.82) is 0 Å². The molecule has 0 saturated heterocycles. The lowest BCUT2D eigenvalue weighted by Crippen LogP contribution is -2.04. The van der Waals surface area contributed by atoms with Crippen molar-refractivity contribution in [1.82, 2.24) is 0 Å². The largest absolute Gasteiger partial charge is 0.298 e. The number of rotatable bonds is 1. The van der Waals surface area contributed by atoms with E-state index in [1.165, 1.54) is 16.3 Å². The molecule has 17 heavy (non-hydrogen) atoms. The molecule has 0 saturated carbocycles. The normalized spacial score (nSPS) is 14.9. The Morgan fingerprint density at radius 2 is 1.88 bits per heavy atom. The van der Waals surface area contributed by atoms with Crippen molar-refractivity contribution in [3.63, 3.8) is 0 Å². The third-order valence-electron chi connectivity index (χ3n) is 3.35. The molecule has 0 atom stereocenters. The second kappa shape index (κ2) is 4.01. The first-order chi connectivity index (χ1) is 8.31. The molecule has 2 heteroatoms. The molecule has 3 rings (SSSR count). The quantitative estimate of drug-likeness (QED) is 0.693. The fourth-order valence-corrected chi connectivity index (χ4v) is 2.78. The lowest BCUT2D eigenvalue weighted by molar-refractivity contribution is -0.105. The van der Waals surface area contributed by atoms with E-state index in [9.17, 15) is 4.79 Å². The highest BCUT2D eigenvalue weighted by Gasteiger charge is 2.18. The molecule has 0 bridgehead atoms. The van der Waals surface area contributed by atoms with Gasteiger partial charge in [-0.1, -0.05) is 48.0 Å². The zero-order valence-electron chi connectivity index (χ0n) is 9.24. The van der Waals surface area contributed by atoms with Gasteiger partial charge in [0.25, 0.3) is 0 Å². The fourth-order valence-electron chi connectivity index (χ4n) is 2.46. The molecule has 1 nitrogen and oxygen atoms in total. The van der Waals surface area contributed by atoms with Gasteiger partial charge < -0.3 is 0 Å². The van der Waals surface area contributed by atoms with Gasteiger partial charge in [-0.3, -0.25) is 4.79 Å². The molecule has 84 valence electrons. The van der Waals surface area contributed by atoms with Crippen molar-refractivity contribution in [2.75, 3.05) is 0 Å². The molecule has 1 aliphatic carbocycles. The summed E-state index contributed by atoms with van der Waals surface area (Å²) in [6.45, 7) is 0. The van der Waals surface area contributed by atoms with Crippen LogP contribution < -0.4 is 0 Å². The van der Waals surface area contributed by atoms with Crippen LogP contribution in [0.2, 0.25) is 0 Å². The molecule has 0 spiro atoms. The Bertz CT molecular complexity index is 640. The van der Waals surface area contributed by atoms with Crippen molar-refractivity contribution >= 4 is 33.7 Å². The number of fused-ring (bicyclic) bond motifs is 3. The van der Waals surface area contributed by atoms with Crippen molar-refractivity contribution in [3.8, 4) is 0 Å². The summed E-state index contributed by atoms with van der Waals surface area (Å²) in [5, 5.41) is 3.09. The monoisotopic (exact) mass is 242 g/mol. The van der Waals surface area contributed by atoms with E-state index in [1.807, 2.05) is 18.2 Å². The zero-order valence-corrected chi connectivity index (χ0v) is 10.00. The summed E-state index contributed by atoms with van der Waals surface area (Å²) in [7, 11) is 0. The van der Waals surface area contributed by atoms with Gasteiger partial charge >= 0.3 is 0 Å². The van der Waals surface area contributed by atoms with Gasteiger partial charge in [0.1, 0.15) is 6.29 Å². The Kier molecular flexibility index (Phi) is 2.49. The number of aryl methyl sites for hydroxylation is 1. The highest BCUT2D eigenvalue weighted by atomic mass is 35.5. The number of halogens is 1. The summed E-state index contributed by atoms with van der Waals surface area (Å²) in [5.74, 6) is 0. The van der Waals surface area contributed by atoms with Crippen LogP contribution in [0.4, 0.5) is 0 Å². The van der Waals surface area contributed by atoms with Crippen molar-refractivity contribution in [2.24, 2.45) is 0 Å². The molecule has 2 aromatic rings. The standard InChI is InChI=1S/C15H11ClO/c16-15-11(9-17)6-7-13-12-4-2-1-3-10(12)5-8-14(13)15/h1-5,8-9H,6-7H2. The molecular weight excluding hydrogens is 232 g/mol. The minimum Gasteiger partial charge on any atom is -0.298 e. The van der Waals surface area contributed by atoms with Gasteiger partial charge in [-0.2, -0.15) is 0 Å². The summed E-state index contributed by atoms with van der Waals surface area (Å²) in [6, 6.07) is 12.4. The van der Waals surface area contributed by atoms with Gasteiger partial charge in [-0.15, -0.1) is 0 Å². The SMILES string of the molecule is O=CC1=C(Cl)c2ccc3ccccc3c2CC1. The van der Waals surface area contributed by atoms with E-state index in [2.05, 4.69) is 18.2 Å². The molecule has 2 aromatic carbocycles. The lowest BCUT2D eigenvalue weighted by atomic mass is 9.88. The molecule has 0 radical (unpaired) electrons. The summed E-state index contributed by atoms with van der Waals surface area (Å²) in [5.41, 5.74) is 2.99. The topological polar surface area (TPSA) is 17.1 Å². The number of aldehydes is 1. The van der Waals surface area contributed by atoms with E-state index >= 15 is 0 Å². The Hall–Kier alpha value is -1.60. The van der Waals surface area contributed by atoms with E-state index in [4.69, 9.17) is 11.6 Å². The van der Waals surface area contributed by atoms with Gasteiger partial charge in [0, 0.05) is 5.57 Å². The van der Waals surface area contributed by atoms with E-state index < -0.39 is 0 Å². The molecule has 1 aliphatic rings. The van der Waals surface area contributed by atoms with Crippen molar-refractivity contribution in [2.45, 2.75) is 12.8 Å². The van der Waals surface area contributed by atoms with Gasteiger partial charge in [0.15, 0.2) is 0 Å². The minimum atomic E-state index is 0.618. The van der Waals surface area contributed by atoms with E-state index in [-0.39, 0.29) is 0 Å². The van der Waals surface area contributed by atoms with Crippen molar-refractivity contribution < 1.29 is 4.79 Å². The predicted molar refractivity (Wildman–Crippen MR) is 71.1 cm³/mol. The van der Waals surface area contributed by atoms with Crippen molar-refractivity contribution in [3.05, 3.63) is 53.1 Å². The van der Waals surface area contributed by atoms with Crippen LogP contribution in [0, 0.1) is 0 Å². The van der Waals surface area contributed by atoms with Crippen LogP contribution in [-0.4, -0.2) is 6.29 Å². The zero-order chi connectivity index (χ0) is 11.8. The molecule has 0 unspecified atom stereocenters. The summed E-state index contributed by atoms with van der Waals surface area (Å²) in [4.78, 5) is 10.9. The number of hydrogen-bond acceptors (Lipinski definition) is 1. The van der Waals surface area contributed by atoms with E-state index in [0.29, 0.717) is 5.03 Å². The lowest BCUT2D eigenvalue weighted by Gasteiger charge is -2.18. The first-order valence-electron chi connectivity index (χ1n) is 5.66. The fraction of sp³-hybridized carbons (Fsp3) is 0.133. The highest BCUT2D eigenvalue weighted by Crippen LogP contribution is 2.36. The Balaban J connectivity index is 2.34. The molecule has 0 N–H and O–H groups in total. The highest BCUT2D eigenvalue weighted by molar-refractivity contribution is 6.51. The van der Waals surface area contributed by atoms with Crippen LogP contribution in [0.1, 0.15) is 17.5 Å². The minimum absolute atomic E-state index is 0.618. The average molecular weight is 243 g/mol. The van der Waals surface area contributed by atoms with Gasteiger partial charge in [0.05, 0.1) is 5.03 Å². The van der Waals surface area contributed by atoms with Gasteiger partial charge in [0.2, 0.25) is 0 Å². The van der Waals surface area contributed by atoms with E-state index in [1.54, 1.807) is 0 Å². The Morgan fingerprint density at radius 1 is 1.06 bits per heavy atom. The molecule has 0 aromatic heterocycles. The smallest absolute Gasteiger partial charge is 0.147 e. The number of hydrogen-bond donors (Lipinski definition) is 0.